The number of fused-ring (bicyclic) bond motifs is 1. The number of hydrogen-bond donors (Lipinski definition) is 0. The van der Waals surface area contributed by atoms with Crippen LogP contribution in [0.15, 0.2) is 84.9 Å². The van der Waals surface area contributed by atoms with Crippen LogP contribution in [0.2, 0.25) is 0 Å². The highest BCUT2D eigenvalue weighted by Gasteiger charge is 2.35. The van der Waals surface area contributed by atoms with Crippen molar-refractivity contribution in [3.05, 3.63) is 102 Å². The summed E-state index contributed by atoms with van der Waals surface area (Å²) in [6, 6.07) is 24.9. The number of anilines is 2. The second-order valence-electron chi connectivity index (χ2n) is 10.3. The molecule has 1 atom stereocenters. The zero-order chi connectivity index (χ0) is 28.1. The van der Waals surface area contributed by atoms with Crippen molar-refractivity contribution in [2.45, 2.75) is 38.3 Å². The lowest BCUT2D eigenvalue weighted by Crippen LogP contribution is -2.49. The number of likely N-dealkylation sites (tertiary alicyclic amines) is 1. The minimum absolute atomic E-state index is 0.000761. The predicted octanol–water partition coefficient (Wildman–Crippen LogP) is 5.02. The molecule has 0 saturated carbocycles. The zero-order valence-corrected chi connectivity index (χ0v) is 23.0. The number of carbonyl (C=O) groups is 3. The van der Waals surface area contributed by atoms with Gasteiger partial charge in [0.1, 0.15) is 6.04 Å². The Morgan fingerprint density at radius 2 is 1.60 bits per heavy atom. The summed E-state index contributed by atoms with van der Waals surface area (Å²) in [6.45, 7) is 3.50. The van der Waals surface area contributed by atoms with Crippen molar-refractivity contribution in [2.75, 3.05) is 36.5 Å². The van der Waals surface area contributed by atoms with Crippen molar-refractivity contribution in [2.24, 2.45) is 0 Å². The van der Waals surface area contributed by atoms with Crippen LogP contribution in [0.25, 0.3) is 6.08 Å². The maximum atomic E-state index is 13.8. The van der Waals surface area contributed by atoms with Crippen LogP contribution in [0.3, 0.4) is 0 Å². The van der Waals surface area contributed by atoms with Gasteiger partial charge in [0.15, 0.2) is 0 Å². The number of amides is 2. The Balaban J connectivity index is 1.42. The first-order valence-electron chi connectivity index (χ1n) is 13.8. The fourth-order valence-corrected chi connectivity index (χ4v) is 5.82. The predicted molar refractivity (Wildman–Crippen MR) is 157 cm³/mol. The number of carbonyl (C=O) groups excluding carboxylic acids is 3. The number of piperidine rings is 1. The minimum atomic E-state index is -0.488. The first kappa shape index (κ1) is 27.3. The highest BCUT2D eigenvalue weighted by atomic mass is 16.5. The Kier molecular flexibility index (Phi) is 8.41. The molecule has 1 unspecified atom stereocenters. The maximum Gasteiger partial charge on any atom is 0.327 e. The van der Waals surface area contributed by atoms with Crippen molar-refractivity contribution >= 4 is 35.2 Å². The Labute approximate surface area is 235 Å². The van der Waals surface area contributed by atoms with Gasteiger partial charge in [-0.3, -0.25) is 14.5 Å². The molecule has 0 aliphatic carbocycles. The Morgan fingerprint density at radius 3 is 2.25 bits per heavy atom. The summed E-state index contributed by atoms with van der Waals surface area (Å²) >= 11 is 0. The molecule has 206 valence electrons. The largest absolute Gasteiger partial charge is 0.468 e. The Bertz CT molecular complexity index is 1380. The maximum absolute atomic E-state index is 13.8. The summed E-state index contributed by atoms with van der Waals surface area (Å²) in [7, 11) is 1.42. The van der Waals surface area contributed by atoms with E-state index in [1.54, 1.807) is 17.9 Å². The molecule has 2 aliphatic heterocycles. The highest BCUT2D eigenvalue weighted by Crippen LogP contribution is 2.35. The summed E-state index contributed by atoms with van der Waals surface area (Å²) in [5.74, 6) is -0.394. The van der Waals surface area contributed by atoms with E-state index < -0.39 is 6.04 Å². The van der Waals surface area contributed by atoms with Crippen LogP contribution in [0.4, 0.5) is 11.4 Å². The van der Waals surface area contributed by atoms with Gasteiger partial charge >= 0.3 is 5.97 Å². The van der Waals surface area contributed by atoms with E-state index in [9.17, 15) is 14.4 Å². The molecule has 40 heavy (non-hydrogen) atoms. The average molecular weight is 538 g/mol. The number of hydrogen-bond acceptors (Lipinski definition) is 5. The fraction of sp³-hybridized carbons (Fsp3) is 0.303. The van der Waals surface area contributed by atoms with Crippen LogP contribution in [-0.4, -0.2) is 55.5 Å². The molecule has 0 N–H and O–H groups in total. The Morgan fingerprint density at radius 1 is 0.925 bits per heavy atom. The van der Waals surface area contributed by atoms with Gasteiger partial charge in [0.2, 0.25) is 5.91 Å². The van der Waals surface area contributed by atoms with Crippen LogP contribution in [0, 0.1) is 0 Å². The van der Waals surface area contributed by atoms with Gasteiger partial charge in [-0.05, 0) is 54.2 Å². The van der Waals surface area contributed by atoms with Gasteiger partial charge < -0.3 is 14.5 Å². The summed E-state index contributed by atoms with van der Waals surface area (Å²) in [6.07, 6.45) is 5.66. The van der Waals surface area contributed by atoms with Crippen molar-refractivity contribution in [1.29, 1.82) is 0 Å². The van der Waals surface area contributed by atoms with E-state index in [0.717, 1.165) is 34.5 Å². The molecule has 2 heterocycles. The molecule has 1 saturated heterocycles. The van der Waals surface area contributed by atoms with Gasteiger partial charge in [-0.2, -0.15) is 0 Å². The van der Waals surface area contributed by atoms with Crippen molar-refractivity contribution in [1.82, 2.24) is 4.90 Å². The molecule has 5 rings (SSSR count). The van der Waals surface area contributed by atoms with E-state index in [1.807, 2.05) is 89.8 Å². The normalized spacial score (nSPS) is 16.5. The summed E-state index contributed by atoms with van der Waals surface area (Å²) < 4.78 is 5.16. The molecule has 7 nitrogen and oxygen atoms in total. The lowest BCUT2D eigenvalue weighted by Gasteiger charge is -2.40. The van der Waals surface area contributed by atoms with Crippen LogP contribution >= 0.6 is 0 Å². The Hall–Kier alpha value is -4.23. The molecule has 0 aromatic heterocycles. The SMILES string of the molecule is COC(=O)C(c1ccccc1)N1CCC(N(C(=O)/C=C/c2ccccc2)c2ccc3c(c2)N(C(C)=O)CC3)CC1. The average Bonchev–Trinajstić information content (AvgIpc) is 3.42. The quantitative estimate of drug-likeness (QED) is 0.313. The van der Waals surface area contributed by atoms with Crippen molar-refractivity contribution in [3.63, 3.8) is 0 Å². The number of benzene rings is 3. The number of ether oxygens (including phenoxy) is 1. The number of methoxy groups -OCH3 is 1. The standard InChI is InChI=1S/C33H35N3O4/c1-24(37)35-22-17-26-14-15-29(23-30(26)35)36(31(38)16-13-25-9-5-3-6-10-25)28-18-20-34(21-19-28)32(33(39)40-2)27-11-7-4-8-12-27/h3-16,23,28,32H,17-22H2,1-2H3/b16-13+. The number of rotatable bonds is 7. The van der Waals surface area contributed by atoms with Crippen LogP contribution in [-0.2, 0) is 25.5 Å². The first-order valence-corrected chi connectivity index (χ1v) is 13.8. The van der Waals surface area contributed by atoms with Gasteiger partial charge in [-0.15, -0.1) is 0 Å². The molecule has 1 fully saturated rings. The molecular formula is C33H35N3O4. The molecule has 2 aliphatic rings. The van der Waals surface area contributed by atoms with E-state index in [4.69, 9.17) is 4.74 Å². The molecule has 3 aromatic rings. The van der Waals surface area contributed by atoms with Crippen molar-refractivity contribution in [3.8, 4) is 0 Å². The van der Waals surface area contributed by atoms with E-state index in [2.05, 4.69) is 4.90 Å². The van der Waals surface area contributed by atoms with Gasteiger partial charge in [0.05, 0.1) is 7.11 Å². The third kappa shape index (κ3) is 5.84. The summed E-state index contributed by atoms with van der Waals surface area (Å²) in [4.78, 5) is 44.7. The monoisotopic (exact) mass is 537 g/mol. The zero-order valence-electron chi connectivity index (χ0n) is 23.0. The second-order valence-corrected chi connectivity index (χ2v) is 10.3. The lowest BCUT2D eigenvalue weighted by molar-refractivity contribution is -0.148. The van der Waals surface area contributed by atoms with Gasteiger partial charge in [-0.25, -0.2) is 4.79 Å². The second kappa shape index (κ2) is 12.3. The molecule has 2 amide bonds. The van der Waals surface area contributed by atoms with Gasteiger partial charge in [0, 0.05) is 50.1 Å². The van der Waals surface area contributed by atoms with Crippen LogP contribution in [0.5, 0.6) is 0 Å². The van der Waals surface area contributed by atoms with E-state index in [0.29, 0.717) is 32.5 Å². The molecule has 3 aromatic carbocycles. The molecule has 0 bridgehead atoms. The lowest BCUT2D eigenvalue weighted by atomic mass is 9.97. The van der Waals surface area contributed by atoms with Crippen LogP contribution < -0.4 is 9.80 Å². The molecular weight excluding hydrogens is 502 g/mol. The third-order valence-electron chi connectivity index (χ3n) is 7.85. The molecule has 7 heteroatoms. The molecule has 0 radical (unpaired) electrons. The van der Waals surface area contributed by atoms with Crippen molar-refractivity contribution < 1.29 is 19.1 Å². The summed E-state index contributed by atoms with van der Waals surface area (Å²) in [5.41, 5.74) is 4.62. The minimum Gasteiger partial charge on any atom is -0.468 e. The van der Waals surface area contributed by atoms with Gasteiger partial charge in [0.25, 0.3) is 5.91 Å². The van der Waals surface area contributed by atoms with E-state index in [-0.39, 0.29) is 23.8 Å². The highest BCUT2D eigenvalue weighted by molar-refractivity contribution is 6.05. The first-order chi connectivity index (χ1) is 19.5. The van der Waals surface area contributed by atoms with E-state index in [1.165, 1.54) is 7.11 Å². The fourth-order valence-electron chi connectivity index (χ4n) is 5.82. The topological polar surface area (TPSA) is 70.2 Å². The summed E-state index contributed by atoms with van der Waals surface area (Å²) in [5, 5.41) is 0. The molecule has 0 spiro atoms. The number of nitrogens with zero attached hydrogens (tertiary/aromatic N) is 3. The number of esters is 1. The third-order valence-corrected chi connectivity index (χ3v) is 7.85. The van der Waals surface area contributed by atoms with E-state index >= 15 is 0 Å². The van der Waals surface area contributed by atoms with Crippen LogP contribution in [0.1, 0.15) is 42.5 Å². The van der Waals surface area contributed by atoms with Gasteiger partial charge in [-0.1, -0.05) is 66.7 Å². The smallest absolute Gasteiger partial charge is 0.327 e.